The van der Waals surface area contributed by atoms with Gasteiger partial charge in [0.25, 0.3) is 5.56 Å². The van der Waals surface area contributed by atoms with E-state index >= 15 is 0 Å². The van der Waals surface area contributed by atoms with E-state index in [1.807, 2.05) is 13.0 Å². The summed E-state index contributed by atoms with van der Waals surface area (Å²) in [6.45, 7) is 1.78. The largest absolute Gasteiger partial charge is 0.478 e. The monoisotopic (exact) mass is 370 g/mol. The molecule has 0 unspecified atom stereocenters. The van der Waals surface area contributed by atoms with E-state index in [0.29, 0.717) is 28.5 Å². The van der Waals surface area contributed by atoms with Crippen molar-refractivity contribution in [3.8, 4) is 5.75 Å². The lowest BCUT2D eigenvalue weighted by atomic mass is 10.1. The third kappa shape index (κ3) is 3.04. The van der Waals surface area contributed by atoms with Crippen LogP contribution in [0, 0.1) is 6.92 Å². The predicted octanol–water partition coefficient (Wildman–Crippen LogP) is 2.70. The Kier molecular flexibility index (Phi) is 4.12. The van der Waals surface area contributed by atoms with Gasteiger partial charge in [0.1, 0.15) is 18.0 Å². The quantitative estimate of drug-likeness (QED) is 0.663. The number of halogens is 1. The minimum absolute atomic E-state index is 0.0874. The fourth-order valence-electron chi connectivity index (χ4n) is 2.97. The number of nitrogens with zero attached hydrogens (tertiary/aromatic N) is 2. The van der Waals surface area contributed by atoms with Crippen molar-refractivity contribution in [3.63, 3.8) is 0 Å². The average Bonchev–Trinajstić information content (AvgIpc) is 3.04. The van der Waals surface area contributed by atoms with Crippen molar-refractivity contribution in [2.24, 2.45) is 0 Å². The summed E-state index contributed by atoms with van der Waals surface area (Å²) in [6.07, 6.45) is 1.34. The normalized spacial score (nSPS) is 15.5. The number of esters is 1. The standard InChI is InChI=1S/C19H15ClN2O4/c1-11-3-2-6-22-17(23)9-14(21-18(11)22)10-25-19(24)16-8-12-7-13(20)4-5-15(12)26-16/h2-7,9,16H,8,10H2,1H3/t16-/m1/s1. The molecule has 0 saturated carbocycles. The van der Waals surface area contributed by atoms with E-state index in [0.717, 1.165) is 11.1 Å². The summed E-state index contributed by atoms with van der Waals surface area (Å²) in [5, 5.41) is 0.595. The van der Waals surface area contributed by atoms with Crippen molar-refractivity contribution in [3.05, 3.63) is 74.8 Å². The number of ether oxygens (including phenoxy) is 2. The summed E-state index contributed by atoms with van der Waals surface area (Å²) in [5.41, 5.74) is 2.46. The van der Waals surface area contributed by atoms with E-state index in [9.17, 15) is 9.59 Å². The number of hydrogen-bond acceptors (Lipinski definition) is 5. The summed E-state index contributed by atoms with van der Waals surface area (Å²) in [7, 11) is 0. The zero-order valence-electron chi connectivity index (χ0n) is 13.9. The van der Waals surface area contributed by atoms with Gasteiger partial charge in [0.05, 0.1) is 5.69 Å². The molecule has 0 amide bonds. The highest BCUT2D eigenvalue weighted by Crippen LogP contribution is 2.31. The molecule has 4 rings (SSSR count). The van der Waals surface area contributed by atoms with Crippen LogP contribution in [0.1, 0.15) is 16.8 Å². The van der Waals surface area contributed by atoms with Crippen molar-refractivity contribution in [1.82, 2.24) is 9.38 Å². The highest BCUT2D eigenvalue weighted by molar-refractivity contribution is 6.30. The topological polar surface area (TPSA) is 69.9 Å². The van der Waals surface area contributed by atoms with E-state index in [1.165, 1.54) is 10.5 Å². The molecule has 0 radical (unpaired) electrons. The van der Waals surface area contributed by atoms with Crippen molar-refractivity contribution in [1.29, 1.82) is 0 Å². The molecule has 0 N–H and O–H groups in total. The van der Waals surface area contributed by atoms with E-state index < -0.39 is 12.1 Å². The van der Waals surface area contributed by atoms with Crippen LogP contribution in [0.2, 0.25) is 5.02 Å². The first kappa shape index (κ1) is 16.6. The molecule has 2 aromatic heterocycles. The van der Waals surface area contributed by atoms with Crippen LogP contribution in [-0.4, -0.2) is 21.5 Å². The minimum atomic E-state index is -0.716. The molecule has 3 aromatic rings. The van der Waals surface area contributed by atoms with Gasteiger partial charge in [-0.3, -0.25) is 9.20 Å². The van der Waals surface area contributed by atoms with Crippen LogP contribution in [0.4, 0.5) is 0 Å². The van der Waals surface area contributed by atoms with Crippen LogP contribution < -0.4 is 10.3 Å². The molecule has 1 aromatic carbocycles. The Morgan fingerprint density at radius 3 is 3.08 bits per heavy atom. The molecular weight excluding hydrogens is 356 g/mol. The van der Waals surface area contributed by atoms with Crippen LogP contribution in [0.5, 0.6) is 5.75 Å². The van der Waals surface area contributed by atoms with Crippen molar-refractivity contribution in [2.45, 2.75) is 26.1 Å². The molecule has 6 nitrogen and oxygen atoms in total. The van der Waals surface area contributed by atoms with Crippen LogP contribution in [0.15, 0.2) is 47.4 Å². The van der Waals surface area contributed by atoms with Crippen LogP contribution in [-0.2, 0) is 22.6 Å². The molecule has 0 fully saturated rings. The maximum absolute atomic E-state index is 12.3. The minimum Gasteiger partial charge on any atom is -0.478 e. The molecule has 0 aliphatic carbocycles. The first-order valence-corrected chi connectivity index (χ1v) is 8.49. The Hall–Kier alpha value is -2.86. The van der Waals surface area contributed by atoms with Crippen LogP contribution in [0.3, 0.4) is 0 Å². The average molecular weight is 371 g/mol. The van der Waals surface area contributed by atoms with E-state index in [1.54, 1.807) is 30.5 Å². The van der Waals surface area contributed by atoms with Crippen LogP contribution in [0.25, 0.3) is 5.65 Å². The third-order valence-corrected chi connectivity index (χ3v) is 4.50. The number of carbonyl (C=O) groups is 1. The maximum atomic E-state index is 12.3. The van der Waals surface area contributed by atoms with Gasteiger partial charge >= 0.3 is 5.97 Å². The van der Waals surface area contributed by atoms with Gasteiger partial charge in [-0.05, 0) is 42.3 Å². The van der Waals surface area contributed by atoms with Gasteiger partial charge in [-0.1, -0.05) is 17.7 Å². The van der Waals surface area contributed by atoms with Crippen LogP contribution >= 0.6 is 11.6 Å². The lowest BCUT2D eigenvalue weighted by Crippen LogP contribution is -2.27. The van der Waals surface area contributed by atoms with E-state index in [-0.39, 0.29) is 12.2 Å². The Bertz CT molecular complexity index is 1080. The SMILES string of the molecule is Cc1cccn2c(=O)cc(COC(=O)[C@H]3Cc4cc(Cl)ccc4O3)nc12. The number of benzene rings is 1. The molecule has 0 bridgehead atoms. The van der Waals surface area contributed by atoms with Crippen molar-refractivity contribution >= 4 is 23.2 Å². The Morgan fingerprint density at radius 2 is 2.23 bits per heavy atom. The van der Waals surface area contributed by atoms with Gasteiger partial charge in [0.15, 0.2) is 6.10 Å². The molecule has 132 valence electrons. The lowest BCUT2D eigenvalue weighted by Gasteiger charge is -2.11. The first-order chi connectivity index (χ1) is 12.5. The number of aryl methyl sites for hydroxylation is 1. The second kappa shape index (κ2) is 6.46. The first-order valence-electron chi connectivity index (χ1n) is 8.11. The molecule has 1 aliphatic heterocycles. The molecule has 26 heavy (non-hydrogen) atoms. The van der Waals surface area contributed by atoms with Gasteiger partial charge in [-0.2, -0.15) is 0 Å². The maximum Gasteiger partial charge on any atom is 0.348 e. The Labute approximate surface area is 154 Å². The number of rotatable bonds is 3. The molecule has 0 spiro atoms. The summed E-state index contributed by atoms with van der Waals surface area (Å²) in [5.74, 6) is 0.137. The highest BCUT2D eigenvalue weighted by Gasteiger charge is 2.30. The Morgan fingerprint density at radius 1 is 1.38 bits per heavy atom. The highest BCUT2D eigenvalue weighted by atomic mass is 35.5. The van der Waals surface area contributed by atoms with Gasteiger partial charge in [-0.15, -0.1) is 0 Å². The molecular formula is C19H15ClN2O4. The number of aromatic nitrogens is 2. The predicted molar refractivity (Wildman–Crippen MR) is 95.6 cm³/mol. The molecule has 0 saturated heterocycles. The molecule has 7 heteroatoms. The summed E-state index contributed by atoms with van der Waals surface area (Å²) >= 11 is 5.96. The summed E-state index contributed by atoms with van der Waals surface area (Å²) in [4.78, 5) is 28.9. The molecule has 1 aliphatic rings. The van der Waals surface area contributed by atoms with Crippen molar-refractivity contribution < 1.29 is 14.3 Å². The number of hydrogen-bond donors (Lipinski definition) is 0. The van der Waals surface area contributed by atoms with Gasteiger partial charge < -0.3 is 9.47 Å². The van der Waals surface area contributed by atoms with E-state index in [2.05, 4.69) is 4.98 Å². The van der Waals surface area contributed by atoms with Crippen molar-refractivity contribution in [2.75, 3.05) is 0 Å². The zero-order valence-corrected chi connectivity index (χ0v) is 14.7. The molecule has 1 atom stereocenters. The third-order valence-electron chi connectivity index (χ3n) is 4.26. The number of fused-ring (bicyclic) bond motifs is 2. The summed E-state index contributed by atoms with van der Waals surface area (Å²) < 4.78 is 12.4. The van der Waals surface area contributed by atoms with E-state index in [4.69, 9.17) is 21.1 Å². The fraction of sp³-hybridized carbons (Fsp3) is 0.211. The smallest absolute Gasteiger partial charge is 0.348 e. The van der Waals surface area contributed by atoms with Gasteiger partial charge in [-0.25, -0.2) is 9.78 Å². The second-order valence-corrected chi connectivity index (χ2v) is 6.58. The second-order valence-electron chi connectivity index (χ2n) is 6.14. The van der Waals surface area contributed by atoms with Gasteiger partial charge in [0.2, 0.25) is 0 Å². The Balaban J connectivity index is 1.48. The number of carbonyl (C=O) groups excluding carboxylic acids is 1. The zero-order chi connectivity index (χ0) is 18.3. The fourth-order valence-corrected chi connectivity index (χ4v) is 3.16. The number of pyridine rings is 1. The van der Waals surface area contributed by atoms with Gasteiger partial charge in [0, 0.05) is 23.7 Å². The lowest BCUT2D eigenvalue weighted by molar-refractivity contribution is -0.152. The molecule has 3 heterocycles. The summed E-state index contributed by atoms with van der Waals surface area (Å²) in [6, 6.07) is 10.2.